The van der Waals surface area contributed by atoms with Crippen LogP contribution in [0.2, 0.25) is 0 Å². The number of hydrogen-bond donors (Lipinski definition) is 2. The molecule has 3 N–H and O–H groups in total. The van der Waals surface area contributed by atoms with Gasteiger partial charge in [-0.1, -0.05) is 43.7 Å². The van der Waals surface area contributed by atoms with Crippen LogP contribution in [0.15, 0.2) is 55.0 Å². The van der Waals surface area contributed by atoms with Crippen LogP contribution >= 0.6 is 0 Å². The number of hydrogen-bond acceptors (Lipinski definition) is 6. The van der Waals surface area contributed by atoms with E-state index in [1.165, 1.54) is 13.2 Å². The van der Waals surface area contributed by atoms with Crippen molar-refractivity contribution in [1.82, 2.24) is 14.5 Å². The number of unbranched alkanes of at least 4 members (excludes halogenated alkanes) is 1. The summed E-state index contributed by atoms with van der Waals surface area (Å²) in [6.45, 7) is 5.67. The largest absolute Gasteiger partial charge is 0.508 e. The van der Waals surface area contributed by atoms with E-state index in [4.69, 9.17) is 15.2 Å². The third kappa shape index (κ3) is 6.25. The fourth-order valence-electron chi connectivity index (χ4n) is 5.19. The first-order valence-corrected chi connectivity index (χ1v) is 13.4. The molecule has 0 spiro atoms. The lowest BCUT2D eigenvalue weighted by atomic mass is 9.82. The second-order valence-electron chi connectivity index (χ2n) is 10.2. The van der Waals surface area contributed by atoms with Gasteiger partial charge in [-0.15, -0.1) is 0 Å². The highest BCUT2D eigenvalue weighted by atomic mass is 16.5. The van der Waals surface area contributed by atoms with Gasteiger partial charge in [0.15, 0.2) is 0 Å². The Labute approximate surface area is 229 Å². The molecule has 2 amide bonds. The summed E-state index contributed by atoms with van der Waals surface area (Å²) in [6.07, 6.45) is 5.96. The van der Waals surface area contributed by atoms with Crippen LogP contribution < -0.4 is 10.5 Å². The summed E-state index contributed by atoms with van der Waals surface area (Å²) in [6, 6.07) is 12.5. The number of benzene rings is 2. The minimum atomic E-state index is -0.680. The number of ether oxygens (including phenoxy) is 2. The molecule has 1 unspecified atom stereocenters. The highest BCUT2D eigenvalue weighted by Gasteiger charge is 2.49. The van der Waals surface area contributed by atoms with Crippen LogP contribution in [0.1, 0.15) is 54.6 Å². The smallest absolute Gasteiger partial charge is 0.246 e. The lowest BCUT2D eigenvalue weighted by Crippen LogP contribution is -2.64. The van der Waals surface area contributed by atoms with E-state index in [-0.39, 0.29) is 24.5 Å². The van der Waals surface area contributed by atoms with Gasteiger partial charge >= 0.3 is 0 Å². The molecule has 9 nitrogen and oxygen atoms in total. The molecule has 9 heteroatoms. The van der Waals surface area contributed by atoms with E-state index in [0.29, 0.717) is 37.4 Å². The molecule has 208 valence electrons. The van der Waals surface area contributed by atoms with Gasteiger partial charge in [0.25, 0.3) is 0 Å². The van der Waals surface area contributed by atoms with Crippen LogP contribution in [0.3, 0.4) is 0 Å². The zero-order valence-electron chi connectivity index (χ0n) is 22.9. The maximum atomic E-state index is 14.1. The van der Waals surface area contributed by atoms with E-state index in [0.717, 1.165) is 29.7 Å². The third-order valence-corrected chi connectivity index (χ3v) is 7.42. The standard InChI is InChI=1S/C30H38N4O5/c1-4-5-14-39-30(25-9-7-6-8-21(25)2)18-33(19-30)29(37)26(15-22-10-12-24(38-3)16-27(22)35)34-20-32-17-23(34)11-13-28(31)36/h6-10,12,16-17,20,26,35H,4-5,11,13-15,18-19H2,1-3H3,(H2,31,36). The topological polar surface area (TPSA) is 120 Å². The number of methoxy groups -OCH3 is 1. The highest BCUT2D eigenvalue weighted by molar-refractivity contribution is 5.82. The summed E-state index contributed by atoms with van der Waals surface area (Å²) < 4.78 is 13.5. The third-order valence-electron chi connectivity index (χ3n) is 7.42. The number of aromatic nitrogens is 2. The van der Waals surface area contributed by atoms with Crippen molar-refractivity contribution in [2.45, 2.75) is 57.6 Å². The Kier molecular flexibility index (Phi) is 8.91. The Morgan fingerprint density at radius 3 is 2.64 bits per heavy atom. The van der Waals surface area contributed by atoms with Crippen molar-refractivity contribution in [3.63, 3.8) is 0 Å². The number of primary amides is 1. The molecular formula is C30H38N4O5. The zero-order valence-corrected chi connectivity index (χ0v) is 22.9. The molecule has 0 radical (unpaired) electrons. The fourth-order valence-corrected chi connectivity index (χ4v) is 5.19. The summed E-state index contributed by atoms with van der Waals surface area (Å²) >= 11 is 0. The van der Waals surface area contributed by atoms with E-state index in [1.807, 2.05) is 17.0 Å². The van der Waals surface area contributed by atoms with Crippen LogP contribution in [-0.2, 0) is 32.8 Å². The lowest BCUT2D eigenvalue weighted by Gasteiger charge is -2.51. The van der Waals surface area contributed by atoms with Crippen LogP contribution in [0.5, 0.6) is 11.5 Å². The minimum Gasteiger partial charge on any atom is -0.508 e. The molecule has 4 rings (SSSR count). The summed E-state index contributed by atoms with van der Waals surface area (Å²) in [5.74, 6) is 0.0471. The molecule has 39 heavy (non-hydrogen) atoms. The first kappa shape index (κ1) is 28.2. The van der Waals surface area contributed by atoms with Gasteiger partial charge in [-0.25, -0.2) is 4.98 Å². The molecule has 2 aromatic carbocycles. The number of aromatic hydroxyl groups is 1. The van der Waals surface area contributed by atoms with Gasteiger partial charge in [0.05, 0.1) is 26.5 Å². The molecule has 1 atom stereocenters. The molecule has 2 heterocycles. The molecule has 3 aromatic rings. The number of carbonyl (C=O) groups excluding carboxylic acids is 2. The number of rotatable bonds is 13. The number of carbonyl (C=O) groups is 2. The van der Waals surface area contributed by atoms with Gasteiger partial charge in [-0.2, -0.15) is 0 Å². The monoisotopic (exact) mass is 534 g/mol. The van der Waals surface area contributed by atoms with E-state index >= 15 is 0 Å². The Hall–Kier alpha value is -3.85. The highest BCUT2D eigenvalue weighted by Crippen LogP contribution is 2.40. The molecule has 1 aromatic heterocycles. The number of aryl methyl sites for hydroxylation is 2. The van der Waals surface area contributed by atoms with Crippen LogP contribution in [0.4, 0.5) is 0 Å². The maximum absolute atomic E-state index is 14.1. The molecule has 1 aliphatic rings. The average molecular weight is 535 g/mol. The molecule has 1 saturated heterocycles. The van der Waals surface area contributed by atoms with Crippen molar-refractivity contribution in [1.29, 1.82) is 0 Å². The van der Waals surface area contributed by atoms with Crippen LogP contribution in [0, 0.1) is 6.92 Å². The minimum absolute atomic E-state index is 0.0479. The van der Waals surface area contributed by atoms with Crippen LogP contribution in [-0.4, -0.2) is 58.2 Å². The molecule has 1 aliphatic heterocycles. The lowest BCUT2D eigenvalue weighted by molar-refractivity contribution is -0.176. The molecule has 1 fully saturated rings. The number of likely N-dealkylation sites (tertiary alicyclic amines) is 1. The fraction of sp³-hybridized carbons (Fsp3) is 0.433. The van der Waals surface area contributed by atoms with Crippen molar-refractivity contribution in [2.24, 2.45) is 5.73 Å². The first-order valence-electron chi connectivity index (χ1n) is 13.4. The van der Waals surface area contributed by atoms with E-state index in [9.17, 15) is 14.7 Å². The van der Waals surface area contributed by atoms with Gasteiger partial charge < -0.3 is 29.8 Å². The predicted octanol–water partition coefficient (Wildman–Crippen LogP) is 3.66. The maximum Gasteiger partial charge on any atom is 0.246 e. The number of amides is 2. The number of phenolic OH excluding ortho intramolecular Hbond substituents is 1. The van der Waals surface area contributed by atoms with E-state index < -0.39 is 17.6 Å². The van der Waals surface area contributed by atoms with Crippen molar-refractivity contribution < 1.29 is 24.2 Å². The van der Waals surface area contributed by atoms with Gasteiger partial charge in [-0.05, 0) is 42.5 Å². The Bertz CT molecular complexity index is 1300. The van der Waals surface area contributed by atoms with Crippen molar-refractivity contribution >= 4 is 11.8 Å². The average Bonchev–Trinajstić information content (AvgIpc) is 3.36. The van der Waals surface area contributed by atoms with Crippen molar-refractivity contribution in [3.8, 4) is 11.5 Å². The molecular weight excluding hydrogens is 496 g/mol. The second kappa shape index (κ2) is 12.3. The van der Waals surface area contributed by atoms with E-state index in [1.54, 1.807) is 29.2 Å². The van der Waals surface area contributed by atoms with Gasteiger partial charge in [-0.3, -0.25) is 9.59 Å². The number of imidazole rings is 1. The van der Waals surface area contributed by atoms with Crippen molar-refractivity contribution in [3.05, 3.63) is 77.4 Å². The molecule has 0 aliphatic carbocycles. The Morgan fingerprint density at radius 2 is 1.97 bits per heavy atom. The predicted molar refractivity (Wildman–Crippen MR) is 147 cm³/mol. The second-order valence-corrected chi connectivity index (χ2v) is 10.2. The van der Waals surface area contributed by atoms with E-state index in [2.05, 4.69) is 31.0 Å². The Balaban J connectivity index is 1.63. The van der Waals surface area contributed by atoms with Gasteiger partial charge in [0.2, 0.25) is 11.8 Å². The SMILES string of the molecule is CCCCOC1(c2ccccc2C)CN(C(=O)C(Cc2ccc(OC)cc2O)n2cncc2CCC(N)=O)C1. The van der Waals surface area contributed by atoms with Crippen molar-refractivity contribution in [2.75, 3.05) is 26.8 Å². The zero-order chi connectivity index (χ0) is 28.0. The Morgan fingerprint density at radius 1 is 1.21 bits per heavy atom. The number of nitrogens with zero attached hydrogens (tertiary/aromatic N) is 3. The van der Waals surface area contributed by atoms with Gasteiger partial charge in [0.1, 0.15) is 23.1 Å². The normalized spacial score (nSPS) is 15.0. The van der Waals surface area contributed by atoms with Gasteiger partial charge in [0, 0.05) is 37.4 Å². The first-order chi connectivity index (χ1) is 18.8. The summed E-state index contributed by atoms with van der Waals surface area (Å²) in [4.78, 5) is 31.7. The molecule has 0 saturated carbocycles. The summed E-state index contributed by atoms with van der Waals surface area (Å²) in [5, 5.41) is 10.7. The number of phenols is 1. The summed E-state index contributed by atoms with van der Waals surface area (Å²) in [5.41, 5.74) is 8.38. The van der Waals surface area contributed by atoms with Crippen LogP contribution in [0.25, 0.3) is 0 Å². The molecule has 0 bridgehead atoms. The quantitative estimate of drug-likeness (QED) is 0.323. The summed E-state index contributed by atoms with van der Waals surface area (Å²) in [7, 11) is 1.53. The number of nitrogens with two attached hydrogens (primary N) is 1.